The first kappa shape index (κ1) is 14.2. The van der Waals surface area contributed by atoms with Gasteiger partial charge in [0.2, 0.25) is 5.89 Å². The van der Waals surface area contributed by atoms with Gasteiger partial charge in [0.1, 0.15) is 6.04 Å². The SMILES string of the molecule is O=C(c1ccccc1I)N1CCCC1c1nc(C2CC2)no1. The first-order valence-electron chi connectivity index (χ1n) is 7.63. The van der Waals surface area contributed by atoms with Crippen molar-refractivity contribution >= 4 is 28.5 Å². The number of carbonyl (C=O) groups excluding carboxylic acids is 1. The number of likely N-dealkylation sites (tertiary alicyclic amines) is 1. The number of rotatable bonds is 3. The van der Waals surface area contributed by atoms with Crippen LogP contribution in [0.25, 0.3) is 0 Å². The van der Waals surface area contributed by atoms with Gasteiger partial charge in [-0.1, -0.05) is 17.3 Å². The van der Waals surface area contributed by atoms with Crippen molar-refractivity contribution < 1.29 is 9.32 Å². The Kier molecular flexibility index (Phi) is 3.63. The monoisotopic (exact) mass is 409 g/mol. The highest BCUT2D eigenvalue weighted by Crippen LogP contribution is 2.40. The van der Waals surface area contributed by atoms with Gasteiger partial charge in [0.25, 0.3) is 5.91 Å². The van der Waals surface area contributed by atoms with Gasteiger partial charge in [-0.2, -0.15) is 4.98 Å². The van der Waals surface area contributed by atoms with Gasteiger partial charge in [0, 0.05) is 16.0 Å². The van der Waals surface area contributed by atoms with Crippen LogP contribution in [0.15, 0.2) is 28.8 Å². The molecule has 0 bridgehead atoms. The summed E-state index contributed by atoms with van der Waals surface area (Å²) in [6, 6.07) is 7.60. The summed E-state index contributed by atoms with van der Waals surface area (Å²) in [4.78, 5) is 19.2. The summed E-state index contributed by atoms with van der Waals surface area (Å²) in [5.41, 5.74) is 0.747. The molecule has 2 aromatic rings. The minimum absolute atomic E-state index is 0.0543. The molecule has 0 N–H and O–H groups in total. The Balaban J connectivity index is 1.60. The molecule has 1 atom stereocenters. The lowest BCUT2D eigenvalue weighted by molar-refractivity contribution is 0.0709. The third-order valence-corrected chi connectivity index (χ3v) is 5.24. The number of hydrogen-bond donors (Lipinski definition) is 0. The molecule has 1 saturated carbocycles. The smallest absolute Gasteiger partial charge is 0.255 e. The lowest BCUT2D eigenvalue weighted by Gasteiger charge is -2.22. The number of benzene rings is 1. The molecule has 1 unspecified atom stereocenters. The fraction of sp³-hybridized carbons (Fsp3) is 0.438. The molecule has 6 heteroatoms. The number of aromatic nitrogens is 2. The summed E-state index contributed by atoms with van der Waals surface area (Å²) in [6.07, 6.45) is 4.16. The lowest BCUT2D eigenvalue weighted by atomic mass is 10.1. The van der Waals surface area contributed by atoms with Crippen LogP contribution in [-0.2, 0) is 0 Å². The van der Waals surface area contributed by atoms with E-state index >= 15 is 0 Å². The Morgan fingerprint density at radius 1 is 1.27 bits per heavy atom. The van der Waals surface area contributed by atoms with E-state index in [0.29, 0.717) is 11.8 Å². The van der Waals surface area contributed by atoms with Gasteiger partial charge < -0.3 is 9.42 Å². The van der Waals surface area contributed by atoms with Crippen LogP contribution in [0, 0.1) is 3.57 Å². The molecular weight excluding hydrogens is 393 g/mol. The van der Waals surface area contributed by atoms with E-state index in [2.05, 4.69) is 32.7 Å². The molecule has 4 rings (SSSR count). The first-order valence-corrected chi connectivity index (χ1v) is 8.71. The minimum Gasteiger partial charge on any atom is -0.337 e. The second kappa shape index (κ2) is 5.64. The predicted molar refractivity (Wildman–Crippen MR) is 88.4 cm³/mol. The molecule has 1 aromatic carbocycles. The third-order valence-electron chi connectivity index (χ3n) is 4.30. The molecule has 5 nitrogen and oxygen atoms in total. The normalized spacial score (nSPS) is 21.3. The van der Waals surface area contributed by atoms with Crippen molar-refractivity contribution in [2.75, 3.05) is 6.54 Å². The van der Waals surface area contributed by atoms with Crippen LogP contribution in [0.5, 0.6) is 0 Å². The quantitative estimate of drug-likeness (QED) is 0.728. The Labute approximate surface area is 142 Å². The summed E-state index contributed by atoms with van der Waals surface area (Å²) in [7, 11) is 0. The number of nitrogens with zero attached hydrogens (tertiary/aromatic N) is 3. The van der Waals surface area contributed by atoms with Crippen LogP contribution in [0.3, 0.4) is 0 Å². The molecule has 1 saturated heterocycles. The zero-order valence-electron chi connectivity index (χ0n) is 12.0. The molecule has 2 aliphatic rings. The molecule has 0 spiro atoms. The average molecular weight is 409 g/mol. The van der Waals surface area contributed by atoms with Crippen molar-refractivity contribution in [3.05, 3.63) is 45.1 Å². The fourth-order valence-corrected chi connectivity index (χ4v) is 3.56. The van der Waals surface area contributed by atoms with E-state index in [1.54, 1.807) is 0 Å². The van der Waals surface area contributed by atoms with E-state index in [9.17, 15) is 4.79 Å². The van der Waals surface area contributed by atoms with Gasteiger partial charge in [-0.05, 0) is 60.4 Å². The fourth-order valence-electron chi connectivity index (χ4n) is 2.95. The molecule has 22 heavy (non-hydrogen) atoms. The highest BCUT2D eigenvalue weighted by atomic mass is 127. The predicted octanol–water partition coefficient (Wildman–Crippen LogP) is 3.53. The standard InChI is InChI=1S/C16H16IN3O2/c17-12-5-2-1-4-11(12)16(21)20-9-3-6-13(20)15-18-14(19-22-15)10-7-8-10/h1-2,4-5,10,13H,3,6-9H2. The molecule has 114 valence electrons. The number of halogens is 1. The average Bonchev–Trinajstić information content (AvgIpc) is 3.07. The maximum Gasteiger partial charge on any atom is 0.255 e. The number of carbonyl (C=O) groups is 1. The van der Waals surface area contributed by atoms with E-state index in [-0.39, 0.29) is 11.9 Å². The Morgan fingerprint density at radius 2 is 2.09 bits per heavy atom. The van der Waals surface area contributed by atoms with E-state index < -0.39 is 0 Å². The molecular formula is C16H16IN3O2. The Hall–Kier alpha value is -1.44. The van der Waals surface area contributed by atoms with Gasteiger partial charge in [0.05, 0.1) is 5.56 Å². The van der Waals surface area contributed by atoms with Gasteiger partial charge in [-0.15, -0.1) is 0 Å². The zero-order valence-corrected chi connectivity index (χ0v) is 14.2. The second-order valence-electron chi connectivity index (χ2n) is 5.90. The van der Waals surface area contributed by atoms with Crippen molar-refractivity contribution in [1.29, 1.82) is 0 Å². The van der Waals surface area contributed by atoms with Crippen LogP contribution in [0.2, 0.25) is 0 Å². The van der Waals surface area contributed by atoms with Crippen LogP contribution in [0.4, 0.5) is 0 Å². The van der Waals surface area contributed by atoms with Crippen LogP contribution >= 0.6 is 22.6 Å². The highest BCUT2D eigenvalue weighted by molar-refractivity contribution is 14.1. The molecule has 1 aliphatic heterocycles. The first-order chi connectivity index (χ1) is 10.7. The molecule has 1 aromatic heterocycles. The van der Waals surface area contributed by atoms with Crippen LogP contribution in [0.1, 0.15) is 59.7 Å². The van der Waals surface area contributed by atoms with Gasteiger partial charge in [-0.3, -0.25) is 4.79 Å². The Morgan fingerprint density at radius 3 is 2.86 bits per heavy atom. The minimum atomic E-state index is -0.0801. The largest absolute Gasteiger partial charge is 0.337 e. The summed E-state index contributed by atoms with van der Waals surface area (Å²) in [5, 5.41) is 4.08. The summed E-state index contributed by atoms with van der Waals surface area (Å²) < 4.78 is 6.41. The summed E-state index contributed by atoms with van der Waals surface area (Å²) in [5.74, 6) is 1.93. The molecule has 2 fully saturated rings. The highest BCUT2D eigenvalue weighted by Gasteiger charge is 2.36. The Bertz CT molecular complexity index is 711. The van der Waals surface area contributed by atoms with Crippen molar-refractivity contribution in [2.45, 2.75) is 37.6 Å². The summed E-state index contributed by atoms with van der Waals surface area (Å²) >= 11 is 2.21. The van der Waals surface area contributed by atoms with Crippen molar-refractivity contribution in [2.24, 2.45) is 0 Å². The topological polar surface area (TPSA) is 59.2 Å². The van der Waals surface area contributed by atoms with Crippen molar-refractivity contribution in [3.8, 4) is 0 Å². The van der Waals surface area contributed by atoms with E-state index in [1.807, 2.05) is 29.2 Å². The van der Waals surface area contributed by atoms with E-state index in [1.165, 1.54) is 0 Å². The van der Waals surface area contributed by atoms with Gasteiger partial charge in [-0.25, -0.2) is 0 Å². The van der Waals surface area contributed by atoms with Crippen LogP contribution in [-0.4, -0.2) is 27.5 Å². The summed E-state index contributed by atoms with van der Waals surface area (Å²) in [6.45, 7) is 0.746. The van der Waals surface area contributed by atoms with Gasteiger partial charge in [0.15, 0.2) is 5.82 Å². The second-order valence-corrected chi connectivity index (χ2v) is 7.06. The van der Waals surface area contributed by atoms with E-state index in [4.69, 9.17) is 4.52 Å². The molecule has 0 radical (unpaired) electrons. The maximum atomic E-state index is 12.8. The lowest BCUT2D eigenvalue weighted by Crippen LogP contribution is -2.31. The third kappa shape index (κ3) is 2.53. The van der Waals surface area contributed by atoms with Crippen molar-refractivity contribution in [1.82, 2.24) is 15.0 Å². The number of amides is 1. The maximum absolute atomic E-state index is 12.8. The zero-order chi connectivity index (χ0) is 15.1. The van der Waals surface area contributed by atoms with Gasteiger partial charge >= 0.3 is 0 Å². The molecule has 1 amide bonds. The van der Waals surface area contributed by atoms with Crippen molar-refractivity contribution in [3.63, 3.8) is 0 Å². The number of hydrogen-bond acceptors (Lipinski definition) is 4. The molecule has 2 heterocycles. The van der Waals surface area contributed by atoms with Crippen LogP contribution < -0.4 is 0 Å². The molecule has 1 aliphatic carbocycles. The van der Waals surface area contributed by atoms with E-state index in [0.717, 1.165) is 47.2 Å².